The summed E-state index contributed by atoms with van der Waals surface area (Å²) in [5, 5.41) is 8.50. The number of hydrogen-bond donors (Lipinski definition) is 1. The van der Waals surface area contributed by atoms with E-state index in [-0.39, 0.29) is 4.47 Å². The second-order valence-corrected chi connectivity index (χ2v) is 5.53. The van der Waals surface area contributed by atoms with Crippen molar-refractivity contribution < 1.29 is 12.8 Å². The van der Waals surface area contributed by atoms with E-state index in [1.165, 1.54) is 19.1 Å². The van der Waals surface area contributed by atoms with Crippen LogP contribution in [0.3, 0.4) is 0 Å². The smallest absolute Gasteiger partial charge is 0.207 e. The van der Waals surface area contributed by atoms with Gasteiger partial charge in [0.2, 0.25) is 10.0 Å². The molecule has 0 saturated heterocycles. The fourth-order valence-electron chi connectivity index (χ4n) is 1.06. The van der Waals surface area contributed by atoms with Crippen LogP contribution < -0.4 is 4.72 Å². The lowest BCUT2D eigenvalue weighted by atomic mass is 10.3. The maximum absolute atomic E-state index is 13.4. The van der Waals surface area contributed by atoms with Crippen molar-refractivity contribution in [1.82, 2.24) is 4.72 Å². The molecule has 0 radical (unpaired) electrons. The fourth-order valence-corrected chi connectivity index (χ4v) is 3.32. The Kier molecular flexibility index (Phi) is 4.02. The summed E-state index contributed by atoms with van der Waals surface area (Å²) in [6, 6.07) is 4.61. The first kappa shape index (κ1) is 13.1. The van der Waals surface area contributed by atoms with Crippen molar-refractivity contribution in [1.29, 1.82) is 5.26 Å². The van der Waals surface area contributed by atoms with Gasteiger partial charge in [-0.15, -0.1) is 0 Å². The molecule has 86 valence electrons. The molecule has 1 rings (SSSR count). The molecule has 4 nitrogen and oxygen atoms in total. The zero-order valence-electron chi connectivity index (χ0n) is 8.24. The molecular weight excluding hydrogens is 299 g/mol. The van der Waals surface area contributed by atoms with Gasteiger partial charge >= 0.3 is 0 Å². The van der Waals surface area contributed by atoms with Crippen molar-refractivity contribution in [3.63, 3.8) is 0 Å². The second-order valence-electron chi connectivity index (χ2n) is 3.02. The van der Waals surface area contributed by atoms with Crippen LogP contribution in [0.2, 0.25) is 0 Å². The van der Waals surface area contributed by atoms with Gasteiger partial charge in [-0.3, -0.25) is 0 Å². The molecule has 0 spiro atoms. The van der Waals surface area contributed by atoms with E-state index in [0.717, 1.165) is 6.07 Å². The van der Waals surface area contributed by atoms with Crippen LogP contribution in [-0.2, 0) is 10.0 Å². The molecule has 0 aliphatic carbocycles. The molecule has 0 amide bonds. The van der Waals surface area contributed by atoms with Crippen LogP contribution in [0.15, 0.2) is 27.6 Å². The zero-order chi connectivity index (χ0) is 12.3. The van der Waals surface area contributed by atoms with Crippen LogP contribution >= 0.6 is 15.9 Å². The molecule has 7 heteroatoms. The van der Waals surface area contributed by atoms with Crippen LogP contribution in [0.25, 0.3) is 0 Å². The lowest BCUT2D eigenvalue weighted by Crippen LogP contribution is -2.32. The monoisotopic (exact) mass is 306 g/mol. The Morgan fingerprint density at radius 1 is 1.56 bits per heavy atom. The van der Waals surface area contributed by atoms with Crippen LogP contribution in [0.1, 0.15) is 6.92 Å². The zero-order valence-corrected chi connectivity index (χ0v) is 10.6. The summed E-state index contributed by atoms with van der Waals surface area (Å²) in [5.74, 6) is -0.869. The number of nitrogens with one attached hydrogen (secondary N) is 1. The van der Waals surface area contributed by atoms with Gasteiger partial charge in [0.15, 0.2) is 0 Å². The normalized spacial score (nSPS) is 13.1. The fraction of sp³-hybridized carbons (Fsp3) is 0.222. The number of nitriles is 1. The quantitative estimate of drug-likeness (QED) is 0.925. The van der Waals surface area contributed by atoms with Crippen molar-refractivity contribution in [2.75, 3.05) is 0 Å². The van der Waals surface area contributed by atoms with Crippen molar-refractivity contribution in [3.05, 3.63) is 28.5 Å². The highest BCUT2D eigenvalue weighted by Gasteiger charge is 2.23. The van der Waals surface area contributed by atoms with Gasteiger partial charge in [0.05, 0.1) is 6.07 Å². The maximum Gasteiger partial charge on any atom is 0.245 e. The summed E-state index contributed by atoms with van der Waals surface area (Å²) in [6.45, 7) is 1.37. The predicted molar refractivity (Wildman–Crippen MR) is 59.5 cm³/mol. The van der Waals surface area contributed by atoms with Crippen molar-refractivity contribution >= 4 is 26.0 Å². The molecule has 0 heterocycles. The van der Waals surface area contributed by atoms with E-state index in [9.17, 15) is 12.8 Å². The Bertz CT molecular complexity index is 519. The van der Waals surface area contributed by atoms with Gasteiger partial charge in [0, 0.05) is 4.47 Å². The van der Waals surface area contributed by atoms with Crippen molar-refractivity contribution in [2.24, 2.45) is 0 Å². The van der Waals surface area contributed by atoms with Crippen LogP contribution in [0.4, 0.5) is 4.39 Å². The summed E-state index contributed by atoms with van der Waals surface area (Å²) in [7, 11) is -4.03. The number of nitrogens with zero attached hydrogens (tertiary/aromatic N) is 1. The van der Waals surface area contributed by atoms with E-state index in [4.69, 9.17) is 5.26 Å². The van der Waals surface area contributed by atoms with Gasteiger partial charge in [-0.2, -0.15) is 9.98 Å². The SMILES string of the molecule is C[C@@H](C#N)NS(=O)(=O)c1c(F)cccc1Br. The van der Waals surface area contributed by atoms with Gasteiger partial charge in [0.1, 0.15) is 16.8 Å². The minimum absolute atomic E-state index is 0.116. The molecule has 1 atom stereocenters. The van der Waals surface area contributed by atoms with E-state index < -0.39 is 26.8 Å². The molecular formula is C9H8BrFN2O2S. The summed E-state index contributed by atoms with van der Waals surface area (Å²) >= 11 is 2.95. The van der Waals surface area contributed by atoms with E-state index in [2.05, 4.69) is 15.9 Å². The van der Waals surface area contributed by atoms with Gasteiger partial charge < -0.3 is 0 Å². The number of halogens is 2. The third-order valence-electron chi connectivity index (χ3n) is 1.71. The average molecular weight is 307 g/mol. The van der Waals surface area contributed by atoms with E-state index in [1.807, 2.05) is 4.72 Å². The number of benzene rings is 1. The standard InChI is InChI=1S/C9H8BrFN2O2S/c1-6(5-12)13-16(14,15)9-7(10)3-2-4-8(9)11/h2-4,6,13H,1H3/t6-/m0/s1. The molecule has 0 aliphatic rings. The van der Waals surface area contributed by atoms with Crippen LogP contribution in [0.5, 0.6) is 0 Å². The second kappa shape index (κ2) is 4.91. The Hall–Kier alpha value is -0.970. The number of sulfonamides is 1. The van der Waals surface area contributed by atoms with E-state index in [1.54, 1.807) is 6.07 Å². The predicted octanol–water partition coefficient (Wildman–Crippen LogP) is 1.78. The van der Waals surface area contributed by atoms with Gasteiger partial charge in [0.25, 0.3) is 0 Å². The molecule has 1 aromatic carbocycles. The summed E-state index contributed by atoms with van der Waals surface area (Å²) in [6.07, 6.45) is 0. The molecule has 0 fully saturated rings. The maximum atomic E-state index is 13.4. The van der Waals surface area contributed by atoms with Crippen LogP contribution in [0, 0.1) is 17.1 Å². The molecule has 16 heavy (non-hydrogen) atoms. The average Bonchev–Trinajstić information content (AvgIpc) is 2.16. The first-order valence-corrected chi connectivity index (χ1v) is 6.52. The highest BCUT2D eigenvalue weighted by molar-refractivity contribution is 9.10. The molecule has 0 aliphatic heterocycles. The van der Waals surface area contributed by atoms with Gasteiger partial charge in [-0.1, -0.05) is 6.07 Å². The lowest BCUT2D eigenvalue weighted by Gasteiger charge is -2.10. The summed E-state index contributed by atoms with van der Waals surface area (Å²) < 4.78 is 39.0. The van der Waals surface area contributed by atoms with Crippen molar-refractivity contribution in [2.45, 2.75) is 17.9 Å². The number of rotatable bonds is 3. The highest BCUT2D eigenvalue weighted by atomic mass is 79.9. The van der Waals surface area contributed by atoms with Gasteiger partial charge in [-0.05, 0) is 35.0 Å². The molecule has 1 aromatic rings. The first-order valence-electron chi connectivity index (χ1n) is 4.24. The largest absolute Gasteiger partial charge is 0.245 e. The summed E-state index contributed by atoms with van der Waals surface area (Å²) in [4.78, 5) is -0.489. The molecule has 0 unspecified atom stereocenters. The highest BCUT2D eigenvalue weighted by Crippen LogP contribution is 2.24. The first-order chi connectivity index (χ1) is 7.38. The Morgan fingerprint density at radius 2 is 2.19 bits per heavy atom. The molecule has 0 saturated carbocycles. The van der Waals surface area contributed by atoms with Crippen LogP contribution in [-0.4, -0.2) is 14.5 Å². The molecule has 0 bridgehead atoms. The topological polar surface area (TPSA) is 70.0 Å². The molecule has 1 N–H and O–H groups in total. The van der Waals surface area contributed by atoms with E-state index >= 15 is 0 Å². The van der Waals surface area contributed by atoms with E-state index in [0.29, 0.717) is 0 Å². The Balaban J connectivity index is 3.24. The third kappa shape index (κ3) is 2.78. The minimum atomic E-state index is -4.03. The number of hydrogen-bond acceptors (Lipinski definition) is 3. The summed E-state index contributed by atoms with van der Waals surface area (Å²) in [5.41, 5.74) is 0. The molecule has 0 aromatic heterocycles. The van der Waals surface area contributed by atoms with Crippen molar-refractivity contribution in [3.8, 4) is 6.07 Å². The van der Waals surface area contributed by atoms with Gasteiger partial charge in [-0.25, -0.2) is 12.8 Å². The lowest BCUT2D eigenvalue weighted by molar-refractivity contribution is 0.552. The third-order valence-corrected chi connectivity index (χ3v) is 4.25. The Labute approximate surface area is 101 Å². The Morgan fingerprint density at radius 3 is 2.69 bits per heavy atom. The minimum Gasteiger partial charge on any atom is -0.207 e.